The Bertz CT molecular complexity index is 1950. The van der Waals surface area contributed by atoms with Gasteiger partial charge < -0.3 is 25.8 Å². The smallest absolute Gasteiger partial charge is 0.407 e. The Morgan fingerprint density at radius 3 is 2.51 bits per heavy atom. The number of amides is 2. The van der Waals surface area contributed by atoms with Gasteiger partial charge in [-0.1, -0.05) is 54.6 Å². The number of halogens is 1. The van der Waals surface area contributed by atoms with Gasteiger partial charge in [0.05, 0.1) is 12.7 Å². The molecule has 2 amide bonds. The molecule has 7 rings (SSSR count). The lowest BCUT2D eigenvalue weighted by Crippen LogP contribution is -2.45. The molecule has 3 aromatic carbocycles. The molecule has 0 radical (unpaired) electrons. The van der Waals surface area contributed by atoms with E-state index in [1.165, 1.54) is 19.2 Å². The Morgan fingerprint density at radius 2 is 1.77 bits per heavy atom. The van der Waals surface area contributed by atoms with E-state index in [2.05, 4.69) is 15.6 Å². The van der Waals surface area contributed by atoms with E-state index in [0.717, 1.165) is 71.9 Å². The molecule has 2 aromatic heterocycles. The van der Waals surface area contributed by atoms with Crippen LogP contribution in [0.1, 0.15) is 59.4 Å². The maximum Gasteiger partial charge on any atom is 0.407 e. The highest BCUT2D eigenvalue weighted by Gasteiger charge is 2.57. The fourth-order valence-electron chi connectivity index (χ4n) is 7.21. The molecule has 47 heavy (non-hydrogen) atoms. The van der Waals surface area contributed by atoms with Gasteiger partial charge in [-0.3, -0.25) is 9.20 Å². The number of methoxy groups -OCH3 is 1. The van der Waals surface area contributed by atoms with Crippen LogP contribution >= 0.6 is 0 Å². The lowest BCUT2D eigenvalue weighted by molar-refractivity contribution is 0.0947. The zero-order valence-corrected chi connectivity index (χ0v) is 26.0. The number of fused-ring (bicyclic) bond motifs is 3. The molecule has 4 N–H and O–H groups in total. The van der Waals surface area contributed by atoms with E-state index in [9.17, 15) is 14.0 Å². The summed E-state index contributed by atoms with van der Waals surface area (Å²) in [6.07, 6.45) is 7.36. The van der Waals surface area contributed by atoms with Crippen LogP contribution in [0.2, 0.25) is 0 Å². The normalized spacial score (nSPS) is 19.9. The number of imidazole rings is 1. The van der Waals surface area contributed by atoms with Crippen molar-refractivity contribution in [2.75, 3.05) is 12.8 Å². The molecular formula is C36H35FN6O4. The van der Waals surface area contributed by atoms with Gasteiger partial charge in [0.25, 0.3) is 5.91 Å². The van der Waals surface area contributed by atoms with Gasteiger partial charge in [0, 0.05) is 35.5 Å². The van der Waals surface area contributed by atoms with Crippen LogP contribution in [-0.4, -0.2) is 39.0 Å². The van der Waals surface area contributed by atoms with Gasteiger partial charge in [-0.2, -0.15) is 0 Å². The van der Waals surface area contributed by atoms with Crippen molar-refractivity contribution < 1.29 is 23.5 Å². The zero-order valence-electron chi connectivity index (χ0n) is 26.0. The summed E-state index contributed by atoms with van der Waals surface area (Å²) in [6, 6.07) is 21.2. The van der Waals surface area contributed by atoms with E-state index in [-0.39, 0.29) is 29.7 Å². The van der Waals surface area contributed by atoms with Crippen LogP contribution in [0.5, 0.6) is 5.75 Å². The highest BCUT2D eigenvalue weighted by Crippen LogP contribution is 2.57. The first kappa shape index (κ1) is 30.2. The van der Waals surface area contributed by atoms with Crippen LogP contribution in [0.25, 0.3) is 16.8 Å². The molecule has 0 atom stereocenters. The number of hydrogen-bond donors (Lipinski definition) is 3. The van der Waals surface area contributed by atoms with Gasteiger partial charge in [-0.25, -0.2) is 19.2 Å². The number of nitrogens with zero attached hydrogens (tertiary/aromatic N) is 3. The Labute approximate surface area is 271 Å². The molecule has 2 saturated carbocycles. The zero-order chi connectivity index (χ0) is 32.6. The average molecular weight is 635 g/mol. The number of nitrogen functional groups attached to an aromatic ring is 1. The predicted molar refractivity (Wildman–Crippen MR) is 174 cm³/mol. The number of nitrogens with one attached hydrogen (secondary N) is 2. The van der Waals surface area contributed by atoms with Crippen LogP contribution in [0.3, 0.4) is 0 Å². The van der Waals surface area contributed by atoms with Crippen molar-refractivity contribution in [3.8, 4) is 17.0 Å². The maximum atomic E-state index is 13.8. The van der Waals surface area contributed by atoms with Crippen molar-refractivity contribution in [2.24, 2.45) is 0 Å². The quantitative estimate of drug-likeness (QED) is 0.183. The molecule has 2 aliphatic rings. The third-order valence-corrected chi connectivity index (χ3v) is 9.56. The van der Waals surface area contributed by atoms with E-state index >= 15 is 0 Å². The first-order valence-corrected chi connectivity index (χ1v) is 15.6. The molecule has 0 aliphatic heterocycles. The molecule has 2 aliphatic carbocycles. The average Bonchev–Trinajstić information content (AvgIpc) is 3.78. The van der Waals surface area contributed by atoms with Crippen molar-refractivity contribution in [1.29, 1.82) is 0 Å². The number of alkyl carbamates (subject to hydrolysis) is 1. The van der Waals surface area contributed by atoms with Crippen LogP contribution in [0.4, 0.5) is 15.0 Å². The number of carbonyl (C=O) groups is 2. The second-order valence-electron chi connectivity index (χ2n) is 12.5. The molecule has 10 nitrogen and oxygen atoms in total. The van der Waals surface area contributed by atoms with Gasteiger partial charge >= 0.3 is 6.09 Å². The highest BCUT2D eigenvalue weighted by atomic mass is 19.1. The first-order chi connectivity index (χ1) is 22.8. The van der Waals surface area contributed by atoms with Crippen molar-refractivity contribution >= 4 is 23.3 Å². The second-order valence-corrected chi connectivity index (χ2v) is 12.5. The summed E-state index contributed by atoms with van der Waals surface area (Å²) in [5.74, 6) is 0.641. The lowest BCUT2D eigenvalue weighted by Gasteiger charge is -2.28. The Morgan fingerprint density at radius 1 is 1.00 bits per heavy atom. The largest absolute Gasteiger partial charge is 0.496 e. The summed E-state index contributed by atoms with van der Waals surface area (Å²) in [5, 5.41) is 6.03. The minimum Gasteiger partial charge on any atom is -0.496 e. The summed E-state index contributed by atoms with van der Waals surface area (Å²) in [7, 11) is 1.44. The molecule has 0 unspecified atom stereocenters. The molecule has 0 spiro atoms. The topological polar surface area (TPSA) is 133 Å². The Kier molecular flexibility index (Phi) is 7.75. The minimum absolute atomic E-state index is 0.130. The van der Waals surface area contributed by atoms with Crippen LogP contribution in [0.15, 0.2) is 85.2 Å². The number of aromatic nitrogens is 3. The van der Waals surface area contributed by atoms with E-state index < -0.39 is 17.8 Å². The monoisotopic (exact) mass is 634 g/mol. The fourth-order valence-corrected chi connectivity index (χ4v) is 7.21. The molecule has 2 heterocycles. The standard InChI is InChI=1S/C36H35FN6O4/c1-46-28-12-11-26(37)19-27(28)32(44)40-20-23-7-9-25(10-8-23)29-30-31(38)39-17-18-43(30)33(41-29)35-13-15-36(22-35,16-14-35)42-34(45)47-21-24-5-3-2-4-6-24/h2-12,17-19H,13-16,20-22H2,1H3,(H2,38,39)(H,40,44)(H,42,45). The van der Waals surface area contributed by atoms with Crippen LogP contribution < -0.4 is 21.1 Å². The molecule has 0 saturated heterocycles. The van der Waals surface area contributed by atoms with E-state index in [0.29, 0.717) is 11.6 Å². The number of hydrogen-bond acceptors (Lipinski definition) is 7. The SMILES string of the molecule is COc1ccc(F)cc1C(=O)NCc1ccc(-c2nc(C34CCC(NC(=O)OCc5ccccc5)(CC3)C4)n3ccnc(N)c23)cc1. The van der Waals surface area contributed by atoms with Crippen LogP contribution in [-0.2, 0) is 23.3 Å². The number of benzene rings is 3. The van der Waals surface area contributed by atoms with E-state index in [4.69, 9.17) is 20.2 Å². The summed E-state index contributed by atoms with van der Waals surface area (Å²) in [5.41, 5.74) is 10.1. The van der Waals surface area contributed by atoms with E-state index in [1.807, 2.05) is 65.2 Å². The lowest BCUT2D eigenvalue weighted by atomic mass is 9.83. The summed E-state index contributed by atoms with van der Waals surface area (Å²) >= 11 is 0. The van der Waals surface area contributed by atoms with Gasteiger partial charge in [0.2, 0.25) is 0 Å². The number of ether oxygens (including phenoxy) is 2. The Hall–Kier alpha value is -5.45. The molecule has 11 heteroatoms. The number of nitrogens with two attached hydrogens (primary N) is 1. The number of rotatable bonds is 9. The third-order valence-electron chi connectivity index (χ3n) is 9.56. The highest BCUT2D eigenvalue weighted by molar-refractivity contribution is 5.97. The maximum absolute atomic E-state index is 13.8. The molecule has 240 valence electrons. The summed E-state index contributed by atoms with van der Waals surface area (Å²) in [6.45, 7) is 0.463. The fraction of sp³-hybridized carbons (Fsp3) is 0.278. The number of carbonyl (C=O) groups excluding carboxylic acids is 2. The first-order valence-electron chi connectivity index (χ1n) is 15.6. The van der Waals surface area contributed by atoms with Crippen molar-refractivity contribution in [3.63, 3.8) is 0 Å². The van der Waals surface area contributed by atoms with Crippen LogP contribution in [0, 0.1) is 5.82 Å². The number of anilines is 1. The molecule has 5 aromatic rings. The molecule has 2 fully saturated rings. The minimum atomic E-state index is -0.515. The summed E-state index contributed by atoms with van der Waals surface area (Å²) < 4.78 is 26.6. The van der Waals surface area contributed by atoms with Gasteiger partial charge in [-0.15, -0.1) is 0 Å². The second kappa shape index (κ2) is 12.1. The van der Waals surface area contributed by atoms with Gasteiger partial charge in [0.1, 0.15) is 41.0 Å². The van der Waals surface area contributed by atoms with E-state index in [1.54, 1.807) is 6.20 Å². The van der Waals surface area contributed by atoms with Gasteiger partial charge in [0.15, 0.2) is 0 Å². The predicted octanol–water partition coefficient (Wildman–Crippen LogP) is 5.94. The molecule has 2 bridgehead atoms. The molecular weight excluding hydrogens is 599 g/mol. The third kappa shape index (κ3) is 5.73. The van der Waals surface area contributed by atoms with Crippen molar-refractivity contribution in [3.05, 3.63) is 114 Å². The Balaban J connectivity index is 1.09. The van der Waals surface area contributed by atoms with Crippen molar-refractivity contribution in [1.82, 2.24) is 25.0 Å². The van der Waals surface area contributed by atoms with Gasteiger partial charge in [-0.05, 0) is 61.4 Å². The van der Waals surface area contributed by atoms with Crippen molar-refractivity contribution in [2.45, 2.75) is 56.2 Å². The summed E-state index contributed by atoms with van der Waals surface area (Å²) in [4.78, 5) is 35.2.